The third-order valence-electron chi connectivity index (χ3n) is 4.89. The van der Waals surface area contributed by atoms with Crippen LogP contribution in [0.15, 0.2) is 78.9 Å². The van der Waals surface area contributed by atoms with Gasteiger partial charge in [0.2, 0.25) is 0 Å². The average Bonchev–Trinajstić information content (AvgIpc) is 2.95. The zero-order chi connectivity index (χ0) is 19.0. The molecule has 0 fully saturated rings. The first-order valence-corrected chi connectivity index (χ1v) is 8.59. The molecule has 0 aliphatic heterocycles. The highest BCUT2D eigenvalue weighted by Crippen LogP contribution is 2.35. The predicted molar refractivity (Wildman–Crippen MR) is 98.3 cm³/mol. The summed E-state index contributed by atoms with van der Waals surface area (Å²) in [5.74, 6) is -4.03. The molecule has 1 aliphatic rings. The van der Waals surface area contributed by atoms with Crippen molar-refractivity contribution in [1.29, 1.82) is 0 Å². The van der Waals surface area contributed by atoms with E-state index < -0.39 is 35.0 Å². The molecule has 0 radical (unpaired) electrons. The predicted octanol–water partition coefficient (Wildman–Crippen LogP) is 4.22. The SMILES string of the molecule is O=C1c2ccccc2C(=O)C1C(=O)C(c1ccccc1)c1ccc(F)cc1. The number of Topliss-reactive ketones (excluding diaryl/α,β-unsaturated/α-hetero) is 3. The third kappa shape index (κ3) is 2.89. The van der Waals surface area contributed by atoms with E-state index >= 15 is 0 Å². The van der Waals surface area contributed by atoms with Gasteiger partial charge < -0.3 is 0 Å². The van der Waals surface area contributed by atoms with Gasteiger partial charge in [-0.2, -0.15) is 0 Å². The topological polar surface area (TPSA) is 51.2 Å². The van der Waals surface area contributed by atoms with E-state index in [1.54, 1.807) is 48.5 Å². The van der Waals surface area contributed by atoms with Crippen LogP contribution in [-0.2, 0) is 4.79 Å². The van der Waals surface area contributed by atoms with Crippen LogP contribution in [0.25, 0.3) is 0 Å². The van der Waals surface area contributed by atoms with E-state index in [9.17, 15) is 18.8 Å². The first kappa shape index (κ1) is 17.0. The minimum absolute atomic E-state index is 0.284. The van der Waals surface area contributed by atoms with E-state index in [1.165, 1.54) is 24.3 Å². The Balaban J connectivity index is 1.79. The van der Waals surface area contributed by atoms with Crippen LogP contribution in [0.5, 0.6) is 0 Å². The van der Waals surface area contributed by atoms with Crippen molar-refractivity contribution in [2.75, 3.05) is 0 Å². The monoisotopic (exact) mass is 358 g/mol. The van der Waals surface area contributed by atoms with Crippen LogP contribution in [0, 0.1) is 11.7 Å². The van der Waals surface area contributed by atoms with Crippen LogP contribution in [0.4, 0.5) is 4.39 Å². The molecule has 132 valence electrons. The first-order valence-electron chi connectivity index (χ1n) is 8.59. The molecule has 3 aromatic rings. The highest BCUT2D eigenvalue weighted by molar-refractivity contribution is 6.36. The number of halogens is 1. The minimum Gasteiger partial charge on any atom is -0.297 e. The largest absolute Gasteiger partial charge is 0.297 e. The van der Waals surface area contributed by atoms with Crippen molar-refractivity contribution < 1.29 is 18.8 Å². The molecule has 0 spiro atoms. The molecule has 0 saturated carbocycles. The van der Waals surface area contributed by atoms with Gasteiger partial charge in [-0.1, -0.05) is 66.7 Å². The number of hydrogen-bond donors (Lipinski definition) is 0. The van der Waals surface area contributed by atoms with Gasteiger partial charge >= 0.3 is 0 Å². The third-order valence-corrected chi connectivity index (χ3v) is 4.89. The second kappa shape index (κ2) is 6.72. The van der Waals surface area contributed by atoms with Crippen LogP contribution in [0.3, 0.4) is 0 Å². The Bertz CT molecular complexity index is 1000. The number of hydrogen-bond acceptors (Lipinski definition) is 3. The number of rotatable bonds is 4. The van der Waals surface area contributed by atoms with Gasteiger partial charge in [-0.05, 0) is 23.3 Å². The van der Waals surface area contributed by atoms with Crippen LogP contribution in [0.1, 0.15) is 37.8 Å². The lowest BCUT2D eigenvalue weighted by Crippen LogP contribution is -2.31. The Morgan fingerprint density at radius 2 is 1.19 bits per heavy atom. The van der Waals surface area contributed by atoms with Gasteiger partial charge in [0.1, 0.15) is 11.7 Å². The van der Waals surface area contributed by atoms with Crippen molar-refractivity contribution in [2.24, 2.45) is 5.92 Å². The Kier molecular flexibility index (Phi) is 4.24. The van der Waals surface area contributed by atoms with E-state index in [0.29, 0.717) is 11.1 Å². The van der Waals surface area contributed by atoms with Crippen molar-refractivity contribution >= 4 is 17.3 Å². The number of fused-ring (bicyclic) bond motifs is 1. The van der Waals surface area contributed by atoms with Gasteiger partial charge in [-0.25, -0.2) is 4.39 Å². The molecule has 0 aromatic heterocycles. The fourth-order valence-electron chi connectivity index (χ4n) is 3.59. The quantitative estimate of drug-likeness (QED) is 0.656. The van der Waals surface area contributed by atoms with E-state index in [4.69, 9.17) is 0 Å². The van der Waals surface area contributed by atoms with Gasteiger partial charge in [0.05, 0.1) is 5.92 Å². The Morgan fingerprint density at radius 3 is 1.74 bits per heavy atom. The second-order valence-electron chi connectivity index (χ2n) is 6.50. The van der Waals surface area contributed by atoms with Crippen molar-refractivity contribution in [3.63, 3.8) is 0 Å². The smallest absolute Gasteiger partial charge is 0.181 e. The Hall–Kier alpha value is -3.40. The molecule has 3 aromatic carbocycles. The lowest BCUT2D eigenvalue weighted by atomic mass is 9.80. The summed E-state index contributed by atoms with van der Waals surface area (Å²) >= 11 is 0. The fraction of sp³-hybridized carbons (Fsp3) is 0.0870. The van der Waals surface area contributed by atoms with Gasteiger partial charge in [0, 0.05) is 11.1 Å². The second-order valence-corrected chi connectivity index (χ2v) is 6.50. The molecule has 0 N–H and O–H groups in total. The molecule has 4 rings (SSSR count). The highest BCUT2D eigenvalue weighted by atomic mass is 19.1. The van der Waals surface area contributed by atoms with Gasteiger partial charge in [0.15, 0.2) is 17.3 Å². The molecule has 1 atom stereocenters. The van der Waals surface area contributed by atoms with Crippen molar-refractivity contribution in [2.45, 2.75) is 5.92 Å². The fourth-order valence-corrected chi connectivity index (χ4v) is 3.59. The zero-order valence-corrected chi connectivity index (χ0v) is 14.3. The molecule has 4 heteroatoms. The Labute approximate surface area is 155 Å². The summed E-state index contributed by atoms with van der Waals surface area (Å²) in [6.07, 6.45) is 0. The summed E-state index contributed by atoms with van der Waals surface area (Å²) in [5, 5.41) is 0. The van der Waals surface area contributed by atoms with Crippen molar-refractivity contribution in [3.05, 3.63) is 107 Å². The molecule has 1 aliphatic carbocycles. The molecule has 3 nitrogen and oxygen atoms in total. The number of ketones is 3. The first-order chi connectivity index (χ1) is 13.1. The molecule has 1 unspecified atom stereocenters. The number of carbonyl (C=O) groups is 3. The maximum Gasteiger partial charge on any atom is 0.181 e. The van der Waals surface area contributed by atoms with Crippen LogP contribution in [-0.4, -0.2) is 17.3 Å². The lowest BCUT2D eigenvalue weighted by Gasteiger charge is -2.19. The van der Waals surface area contributed by atoms with Crippen LogP contribution >= 0.6 is 0 Å². The molecule has 0 bridgehead atoms. The summed E-state index contributed by atoms with van der Waals surface area (Å²) in [5.41, 5.74) is 1.77. The summed E-state index contributed by atoms with van der Waals surface area (Å²) in [4.78, 5) is 38.9. The summed E-state index contributed by atoms with van der Waals surface area (Å²) in [6, 6.07) is 21.0. The van der Waals surface area contributed by atoms with Gasteiger partial charge in [-0.15, -0.1) is 0 Å². The van der Waals surface area contributed by atoms with Gasteiger partial charge in [-0.3, -0.25) is 14.4 Å². The molecule has 27 heavy (non-hydrogen) atoms. The van der Waals surface area contributed by atoms with E-state index in [1.807, 2.05) is 6.07 Å². The maximum atomic E-state index is 13.4. The van der Waals surface area contributed by atoms with Crippen LogP contribution in [0.2, 0.25) is 0 Å². The number of benzene rings is 3. The van der Waals surface area contributed by atoms with E-state index in [2.05, 4.69) is 0 Å². The average molecular weight is 358 g/mol. The molecule has 0 amide bonds. The van der Waals surface area contributed by atoms with Crippen molar-refractivity contribution in [3.8, 4) is 0 Å². The molecule has 0 heterocycles. The molecular weight excluding hydrogens is 343 g/mol. The standard InChI is InChI=1S/C23H15FO3/c24-16-12-10-15(11-13-16)19(14-6-2-1-3-7-14)23(27)20-21(25)17-8-4-5-9-18(17)22(20)26/h1-13,19-20H. The normalized spacial score (nSPS) is 14.9. The highest BCUT2D eigenvalue weighted by Gasteiger charge is 2.45. The summed E-state index contributed by atoms with van der Waals surface area (Å²) in [6.45, 7) is 0. The zero-order valence-electron chi connectivity index (χ0n) is 14.3. The molecular formula is C23H15FO3. The van der Waals surface area contributed by atoms with E-state index in [-0.39, 0.29) is 11.1 Å². The number of carbonyl (C=O) groups excluding carboxylic acids is 3. The van der Waals surface area contributed by atoms with Gasteiger partial charge in [0.25, 0.3) is 0 Å². The summed E-state index contributed by atoms with van der Waals surface area (Å²) < 4.78 is 13.4. The van der Waals surface area contributed by atoms with Crippen molar-refractivity contribution in [1.82, 2.24) is 0 Å². The molecule has 0 saturated heterocycles. The maximum absolute atomic E-state index is 13.4. The lowest BCUT2D eigenvalue weighted by molar-refractivity contribution is -0.120. The van der Waals surface area contributed by atoms with E-state index in [0.717, 1.165) is 0 Å². The summed E-state index contributed by atoms with van der Waals surface area (Å²) in [7, 11) is 0. The minimum atomic E-state index is -1.36. The van der Waals surface area contributed by atoms with Crippen LogP contribution < -0.4 is 0 Å². The Morgan fingerprint density at radius 1 is 0.704 bits per heavy atom.